The Kier molecular flexibility index (Phi) is 2.06. The maximum atomic E-state index is 11.4. The molecule has 1 aliphatic carbocycles. The van der Waals surface area contributed by atoms with Crippen molar-refractivity contribution in [1.29, 1.82) is 0 Å². The van der Waals surface area contributed by atoms with Gasteiger partial charge in [-0.3, -0.25) is 9.69 Å². The number of piperidine rings is 1. The second kappa shape index (κ2) is 2.98. The van der Waals surface area contributed by atoms with Crippen LogP contribution in [0.5, 0.6) is 0 Å². The summed E-state index contributed by atoms with van der Waals surface area (Å²) < 4.78 is 4.80. The largest absolute Gasteiger partial charge is 0.468 e. The van der Waals surface area contributed by atoms with E-state index in [0.29, 0.717) is 5.41 Å². The molecular weight excluding hydrogens is 166 g/mol. The first-order valence-corrected chi connectivity index (χ1v) is 4.95. The molecule has 2 aliphatic rings. The van der Waals surface area contributed by atoms with Gasteiger partial charge in [0.15, 0.2) is 0 Å². The normalized spacial score (nSPS) is 31.7. The maximum absolute atomic E-state index is 11.4. The van der Waals surface area contributed by atoms with Crippen molar-refractivity contribution in [2.75, 3.05) is 20.7 Å². The zero-order valence-electron chi connectivity index (χ0n) is 8.38. The van der Waals surface area contributed by atoms with Crippen molar-refractivity contribution < 1.29 is 9.53 Å². The van der Waals surface area contributed by atoms with Gasteiger partial charge in [0.2, 0.25) is 0 Å². The third-order valence-electron chi connectivity index (χ3n) is 3.58. The van der Waals surface area contributed by atoms with E-state index in [0.717, 1.165) is 13.0 Å². The van der Waals surface area contributed by atoms with Gasteiger partial charge in [0.05, 0.1) is 7.11 Å². The molecule has 1 atom stereocenters. The van der Waals surface area contributed by atoms with Gasteiger partial charge in [0, 0.05) is 0 Å². The van der Waals surface area contributed by atoms with Gasteiger partial charge in [-0.15, -0.1) is 0 Å². The minimum Gasteiger partial charge on any atom is -0.468 e. The summed E-state index contributed by atoms with van der Waals surface area (Å²) in [6.45, 7) is 1.04. The molecule has 0 bridgehead atoms. The van der Waals surface area contributed by atoms with Crippen LogP contribution >= 0.6 is 0 Å². The van der Waals surface area contributed by atoms with Crippen LogP contribution < -0.4 is 0 Å². The van der Waals surface area contributed by atoms with Crippen LogP contribution in [0.2, 0.25) is 0 Å². The number of nitrogens with zero attached hydrogens (tertiary/aromatic N) is 1. The Balaban J connectivity index is 2.02. The summed E-state index contributed by atoms with van der Waals surface area (Å²) in [5.74, 6) is -0.0616. The maximum Gasteiger partial charge on any atom is 0.323 e. The molecule has 0 unspecified atom stereocenters. The van der Waals surface area contributed by atoms with Crippen molar-refractivity contribution >= 4 is 5.97 Å². The van der Waals surface area contributed by atoms with Gasteiger partial charge in [-0.1, -0.05) is 0 Å². The van der Waals surface area contributed by atoms with E-state index >= 15 is 0 Å². The molecule has 74 valence electrons. The molecule has 0 aromatic heterocycles. The van der Waals surface area contributed by atoms with E-state index in [1.165, 1.54) is 26.4 Å². The lowest BCUT2D eigenvalue weighted by molar-refractivity contribution is -0.148. The first kappa shape index (κ1) is 9.00. The van der Waals surface area contributed by atoms with Crippen molar-refractivity contribution in [1.82, 2.24) is 4.90 Å². The van der Waals surface area contributed by atoms with Gasteiger partial charge >= 0.3 is 5.97 Å². The lowest BCUT2D eigenvalue weighted by atomic mass is 9.88. The predicted molar refractivity (Wildman–Crippen MR) is 49.3 cm³/mol. The number of rotatable bonds is 1. The molecule has 1 aliphatic heterocycles. The number of hydrogen-bond acceptors (Lipinski definition) is 3. The van der Waals surface area contributed by atoms with E-state index in [4.69, 9.17) is 4.74 Å². The van der Waals surface area contributed by atoms with E-state index in [1.807, 2.05) is 7.05 Å². The average molecular weight is 183 g/mol. The highest BCUT2D eigenvalue weighted by molar-refractivity contribution is 5.75. The molecular formula is C10H17NO2. The number of carbonyl (C=O) groups is 1. The Labute approximate surface area is 79.0 Å². The Morgan fingerprint density at radius 3 is 2.69 bits per heavy atom. The highest BCUT2D eigenvalue weighted by Crippen LogP contribution is 2.55. The fourth-order valence-corrected chi connectivity index (χ4v) is 2.27. The van der Waals surface area contributed by atoms with Gasteiger partial charge in [0.1, 0.15) is 6.04 Å². The van der Waals surface area contributed by atoms with Gasteiger partial charge < -0.3 is 4.74 Å². The Morgan fingerprint density at radius 2 is 2.15 bits per heavy atom. The van der Waals surface area contributed by atoms with Crippen molar-refractivity contribution in [2.24, 2.45) is 5.41 Å². The van der Waals surface area contributed by atoms with Crippen molar-refractivity contribution in [2.45, 2.75) is 31.7 Å². The molecule has 2 fully saturated rings. The fourth-order valence-electron chi connectivity index (χ4n) is 2.27. The molecule has 1 saturated heterocycles. The fraction of sp³-hybridized carbons (Fsp3) is 0.900. The van der Waals surface area contributed by atoms with Crippen LogP contribution in [-0.2, 0) is 9.53 Å². The Morgan fingerprint density at radius 1 is 1.46 bits per heavy atom. The number of methoxy groups -OCH3 is 1. The van der Waals surface area contributed by atoms with Crippen molar-refractivity contribution in [3.8, 4) is 0 Å². The molecule has 1 heterocycles. The van der Waals surface area contributed by atoms with Gasteiger partial charge in [-0.25, -0.2) is 0 Å². The first-order chi connectivity index (χ1) is 6.17. The van der Waals surface area contributed by atoms with Crippen LogP contribution in [0.4, 0.5) is 0 Å². The molecule has 13 heavy (non-hydrogen) atoms. The minimum atomic E-state index is -0.0616. The number of carbonyl (C=O) groups excluding carboxylic acids is 1. The van der Waals surface area contributed by atoms with E-state index < -0.39 is 0 Å². The van der Waals surface area contributed by atoms with Gasteiger partial charge in [-0.2, -0.15) is 0 Å². The van der Waals surface area contributed by atoms with Crippen LogP contribution in [0.15, 0.2) is 0 Å². The molecule has 0 aromatic rings. The third kappa shape index (κ3) is 1.57. The smallest absolute Gasteiger partial charge is 0.323 e. The molecule has 1 spiro atoms. The van der Waals surface area contributed by atoms with Crippen molar-refractivity contribution in [3.05, 3.63) is 0 Å². The lowest BCUT2D eigenvalue weighted by Gasteiger charge is -2.35. The third-order valence-corrected chi connectivity index (χ3v) is 3.58. The number of hydrogen-bond donors (Lipinski definition) is 0. The van der Waals surface area contributed by atoms with E-state index in [-0.39, 0.29) is 12.0 Å². The van der Waals surface area contributed by atoms with Crippen LogP contribution in [-0.4, -0.2) is 37.6 Å². The van der Waals surface area contributed by atoms with E-state index in [9.17, 15) is 4.79 Å². The van der Waals surface area contributed by atoms with Gasteiger partial charge in [-0.05, 0) is 44.7 Å². The summed E-state index contributed by atoms with van der Waals surface area (Å²) >= 11 is 0. The molecule has 0 N–H and O–H groups in total. The highest BCUT2D eigenvalue weighted by Gasteiger charge is 2.49. The second-order valence-corrected chi connectivity index (χ2v) is 4.47. The predicted octanol–water partition coefficient (Wildman–Crippen LogP) is 1.03. The topological polar surface area (TPSA) is 29.5 Å². The Hall–Kier alpha value is -0.570. The quantitative estimate of drug-likeness (QED) is 0.569. The summed E-state index contributed by atoms with van der Waals surface area (Å²) in [4.78, 5) is 13.5. The summed E-state index contributed by atoms with van der Waals surface area (Å²) in [5, 5.41) is 0. The standard InChI is InChI=1S/C10H17NO2/c1-11-6-5-10(3-4-10)7-8(11)9(12)13-2/h8H,3-7H2,1-2H3/t8-/m1/s1. The number of ether oxygens (including phenoxy) is 1. The van der Waals surface area contributed by atoms with Crippen LogP contribution in [0, 0.1) is 5.41 Å². The minimum absolute atomic E-state index is 0.0150. The Bertz CT molecular complexity index is 223. The second-order valence-electron chi connectivity index (χ2n) is 4.47. The number of likely N-dealkylation sites (tertiary alicyclic amines) is 1. The molecule has 1 saturated carbocycles. The van der Waals surface area contributed by atoms with Gasteiger partial charge in [0.25, 0.3) is 0 Å². The molecule has 3 heteroatoms. The monoisotopic (exact) mass is 183 g/mol. The molecule has 3 nitrogen and oxygen atoms in total. The van der Waals surface area contributed by atoms with Crippen LogP contribution in [0.1, 0.15) is 25.7 Å². The number of likely N-dealkylation sites (N-methyl/N-ethyl adjacent to an activating group) is 1. The van der Waals surface area contributed by atoms with E-state index in [1.54, 1.807) is 0 Å². The highest BCUT2D eigenvalue weighted by atomic mass is 16.5. The SMILES string of the molecule is COC(=O)[C@H]1CC2(CCN1C)CC2. The summed E-state index contributed by atoms with van der Waals surface area (Å²) in [7, 11) is 3.49. The molecule has 2 rings (SSSR count). The number of esters is 1. The molecule has 0 aromatic carbocycles. The lowest BCUT2D eigenvalue weighted by Crippen LogP contribution is -2.45. The molecule has 0 radical (unpaired) electrons. The van der Waals surface area contributed by atoms with Crippen LogP contribution in [0.25, 0.3) is 0 Å². The zero-order chi connectivity index (χ0) is 9.47. The average Bonchev–Trinajstić information content (AvgIpc) is 2.89. The van der Waals surface area contributed by atoms with Crippen LogP contribution in [0.3, 0.4) is 0 Å². The van der Waals surface area contributed by atoms with E-state index in [2.05, 4.69) is 4.90 Å². The summed E-state index contributed by atoms with van der Waals surface area (Å²) in [5.41, 5.74) is 0.519. The van der Waals surface area contributed by atoms with Crippen molar-refractivity contribution in [3.63, 3.8) is 0 Å². The summed E-state index contributed by atoms with van der Waals surface area (Å²) in [6.07, 6.45) is 4.90. The zero-order valence-corrected chi connectivity index (χ0v) is 8.38. The summed E-state index contributed by atoms with van der Waals surface area (Å²) in [6, 6.07) is 0.0150. The first-order valence-electron chi connectivity index (χ1n) is 4.95. The molecule has 0 amide bonds.